The van der Waals surface area contributed by atoms with Crippen LogP contribution in [0.3, 0.4) is 0 Å². The van der Waals surface area contributed by atoms with Crippen molar-refractivity contribution in [3.05, 3.63) is 59.7 Å². The van der Waals surface area contributed by atoms with E-state index < -0.39 is 23.6 Å². The first-order valence-electron chi connectivity index (χ1n) is 8.13. The molecule has 0 saturated heterocycles. The number of hydrogen-bond acceptors (Lipinski definition) is 4. The van der Waals surface area contributed by atoms with Crippen molar-refractivity contribution in [1.29, 1.82) is 0 Å². The number of benzene rings is 2. The lowest BCUT2D eigenvalue weighted by Crippen LogP contribution is -2.21. The van der Waals surface area contributed by atoms with Gasteiger partial charge in [0.05, 0.1) is 19.1 Å². The minimum absolute atomic E-state index is 0.0230. The van der Waals surface area contributed by atoms with E-state index in [4.69, 9.17) is 4.74 Å². The van der Waals surface area contributed by atoms with Gasteiger partial charge in [-0.05, 0) is 49.4 Å². The summed E-state index contributed by atoms with van der Waals surface area (Å²) in [7, 11) is 1.51. The molecule has 6 nitrogen and oxygen atoms in total. The van der Waals surface area contributed by atoms with Crippen molar-refractivity contribution in [3.63, 3.8) is 0 Å². The summed E-state index contributed by atoms with van der Waals surface area (Å²) in [4.78, 5) is 24.0. The van der Waals surface area contributed by atoms with Crippen molar-refractivity contribution in [1.82, 2.24) is 5.43 Å². The van der Waals surface area contributed by atoms with E-state index in [-0.39, 0.29) is 17.8 Å². The lowest BCUT2D eigenvalue weighted by molar-refractivity contribution is -0.137. The largest absolute Gasteiger partial charge is 0.497 e. The van der Waals surface area contributed by atoms with Gasteiger partial charge >= 0.3 is 6.18 Å². The van der Waals surface area contributed by atoms with Gasteiger partial charge < -0.3 is 10.1 Å². The fourth-order valence-corrected chi connectivity index (χ4v) is 2.20. The van der Waals surface area contributed by atoms with Crippen molar-refractivity contribution in [2.24, 2.45) is 5.10 Å². The molecule has 0 radical (unpaired) electrons. The summed E-state index contributed by atoms with van der Waals surface area (Å²) in [6.45, 7) is 1.51. The highest BCUT2D eigenvalue weighted by atomic mass is 19.4. The van der Waals surface area contributed by atoms with Gasteiger partial charge in [0.25, 0.3) is 5.91 Å². The third-order valence-electron chi connectivity index (χ3n) is 3.59. The molecule has 148 valence electrons. The molecule has 0 atom stereocenters. The Kier molecular flexibility index (Phi) is 6.75. The molecule has 0 aliphatic heterocycles. The number of ether oxygens (including phenoxy) is 1. The van der Waals surface area contributed by atoms with E-state index in [0.717, 1.165) is 12.1 Å². The van der Waals surface area contributed by atoms with E-state index in [1.54, 1.807) is 24.3 Å². The molecule has 0 fully saturated rings. The number of anilines is 1. The van der Waals surface area contributed by atoms with Gasteiger partial charge in [0, 0.05) is 17.0 Å². The minimum Gasteiger partial charge on any atom is -0.497 e. The van der Waals surface area contributed by atoms with Crippen LogP contribution in [0, 0.1) is 0 Å². The normalized spacial score (nSPS) is 11.7. The Labute approximate surface area is 159 Å². The van der Waals surface area contributed by atoms with Crippen LogP contribution >= 0.6 is 0 Å². The standard InChI is InChI=1S/C19H18F3N3O3/c1-12(24-25-18(27)13-6-8-16(28-2)9-7-13)10-17(26)23-15-5-3-4-14(11-15)19(20,21)22/h3-9,11H,10H2,1-2H3,(H,23,26)(H,25,27). The second-order valence-electron chi connectivity index (χ2n) is 5.82. The van der Waals surface area contributed by atoms with Crippen LogP contribution in [0.2, 0.25) is 0 Å². The average molecular weight is 393 g/mol. The van der Waals surface area contributed by atoms with Crippen LogP contribution in [0.5, 0.6) is 5.75 Å². The zero-order valence-electron chi connectivity index (χ0n) is 15.1. The molecule has 2 N–H and O–H groups in total. The zero-order valence-corrected chi connectivity index (χ0v) is 15.1. The highest BCUT2D eigenvalue weighted by Gasteiger charge is 2.30. The molecule has 0 aliphatic carbocycles. The minimum atomic E-state index is -4.50. The first-order valence-corrected chi connectivity index (χ1v) is 8.13. The molecule has 0 bridgehead atoms. The smallest absolute Gasteiger partial charge is 0.416 e. The Hall–Kier alpha value is -3.36. The number of alkyl halides is 3. The Bertz CT molecular complexity index is 878. The van der Waals surface area contributed by atoms with Crippen LogP contribution in [-0.4, -0.2) is 24.6 Å². The summed E-state index contributed by atoms with van der Waals surface area (Å²) in [6.07, 6.45) is -4.69. The number of hydrogen-bond donors (Lipinski definition) is 2. The van der Waals surface area contributed by atoms with Crippen LogP contribution in [0.15, 0.2) is 53.6 Å². The molecular weight excluding hydrogens is 375 g/mol. The lowest BCUT2D eigenvalue weighted by Gasteiger charge is -2.10. The fraction of sp³-hybridized carbons (Fsp3) is 0.211. The van der Waals surface area contributed by atoms with Gasteiger partial charge in [-0.15, -0.1) is 0 Å². The van der Waals surface area contributed by atoms with Gasteiger partial charge in [-0.1, -0.05) is 6.07 Å². The summed E-state index contributed by atoms with van der Waals surface area (Å²) in [6, 6.07) is 10.7. The summed E-state index contributed by atoms with van der Waals surface area (Å²) >= 11 is 0. The Morgan fingerprint density at radius 3 is 2.39 bits per heavy atom. The first-order chi connectivity index (χ1) is 13.2. The van der Waals surface area contributed by atoms with Crippen molar-refractivity contribution in [2.45, 2.75) is 19.5 Å². The number of nitrogens with one attached hydrogen (secondary N) is 2. The number of amides is 2. The van der Waals surface area contributed by atoms with E-state index >= 15 is 0 Å². The fourth-order valence-electron chi connectivity index (χ4n) is 2.20. The Morgan fingerprint density at radius 2 is 1.79 bits per heavy atom. The summed E-state index contributed by atoms with van der Waals surface area (Å²) in [5, 5.41) is 6.20. The summed E-state index contributed by atoms with van der Waals surface area (Å²) in [5.74, 6) is -0.429. The zero-order chi connectivity index (χ0) is 20.7. The van der Waals surface area contributed by atoms with Gasteiger partial charge in [-0.2, -0.15) is 18.3 Å². The van der Waals surface area contributed by atoms with Crippen LogP contribution in [-0.2, 0) is 11.0 Å². The van der Waals surface area contributed by atoms with E-state index in [1.165, 1.54) is 26.2 Å². The molecule has 0 aromatic heterocycles. The second-order valence-corrected chi connectivity index (χ2v) is 5.82. The van der Waals surface area contributed by atoms with Crippen LogP contribution < -0.4 is 15.5 Å². The van der Waals surface area contributed by atoms with E-state index in [0.29, 0.717) is 11.3 Å². The summed E-state index contributed by atoms with van der Waals surface area (Å²) < 4.78 is 43.1. The SMILES string of the molecule is COc1ccc(C(=O)NN=C(C)CC(=O)Nc2cccc(C(F)(F)F)c2)cc1. The van der Waals surface area contributed by atoms with Crippen LogP contribution in [0.1, 0.15) is 29.3 Å². The van der Waals surface area contributed by atoms with Crippen molar-refractivity contribution >= 4 is 23.2 Å². The maximum atomic E-state index is 12.7. The van der Waals surface area contributed by atoms with Gasteiger partial charge in [-0.3, -0.25) is 9.59 Å². The quantitative estimate of drug-likeness (QED) is 0.578. The maximum Gasteiger partial charge on any atom is 0.416 e. The summed E-state index contributed by atoms with van der Waals surface area (Å²) in [5.41, 5.74) is 2.11. The molecule has 0 heterocycles. The maximum absolute atomic E-state index is 12.7. The predicted molar refractivity (Wildman–Crippen MR) is 98.3 cm³/mol. The molecule has 2 aromatic carbocycles. The number of carbonyl (C=O) groups excluding carboxylic acids is 2. The van der Waals surface area contributed by atoms with Gasteiger partial charge in [0.1, 0.15) is 5.75 Å². The van der Waals surface area contributed by atoms with Gasteiger partial charge in [-0.25, -0.2) is 5.43 Å². The molecule has 0 aliphatic rings. The van der Waals surface area contributed by atoms with Crippen molar-refractivity contribution in [3.8, 4) is 5.75 Å². The molecule has 2 rings (SSSR count). The number of nitrogens with zero attached hydrogens (tertiary/aromatic N) is 1. The molecule has 0 unspecified atom stereocenters. The number of halogens is 3. The van der Waals surface area contributed by atoms with Crippen molar-refractivity contribution < 1.29 is 27.5 Å². The molecule has 0 spiro atoms. The van der Waals surface area contributed by atoms with E-state index in [1.807, 2.05) is 0 Å². The van der Waals surface area contributed by atoms with E-state index in [2.05, 4.69) is 15.8 Å². The third kappa shape index (κ3) is 6.11. The van der Waals surface area contributed by atoms with Crippen molar-refractivity contribution in [2.75, 3.05) is 12.4 Å². The number of methoxy groups -OCH3 is 1. The molecular formula is C19H18F3N3O3. The highest BCUT2D eigenvalue weighted by Crippen LogP contribution is 2.30. The van der Waals surface area contributed by atoms with Gasteiger partial charge in [0.15, 0.2) is 0 Å². The highest BCUT2D eigenvalue weighted by molar-refractivity contribution is 6.06. The predicted octanol–water partition coefficient (Wildman–Crippen LogP) is 3.85. The topological polar surface area (TPSA) is 79.8 Å². The average Bonchev–Trinajstić information content (AvgIpc) is 2.65. The van der Waals surface area contributed by atoms with E-state index in [9.17, 15) is 22.8 Å². The van der Waals surface area contributed by atoms with Crippen LogP contribution in [0.25, 0.3) is 0 Å². The second kappa shape index (κ2) is 9.03. The number of carbonyl (C=O) groups is 2. The Balaban J connectivity index is 1.91. The van der Waals surface area contributed by atoms with Gasteiger partial charge in [0.2, 0.25) is 5.91 Å². The van der Waals surface area contributed by atoms with Crippen LogP contribution in [0.4, 0.5) is 18.9 Å². The first kappa shape index (κ1) is 20.9. The molecule has 0 saturated carbocycles. The monoisotopic (exact) mass is 393 g/mol. The Morgan fingerprint density at radius 1 is 1.11 bits per heavy atom. The third-order valence-corrected chi connectivity index (χ3v) is 3.59. The lowest BCUT2D eigenvalue weighted by atomic mass is 10.2. The number of rotatable bonds is 6. The molecule has 9 heteroatoms. The number of hydrazone groups is 1. The molecule has 28 heavy (non-hydrogen) atoms. The molecule has 2 amide bonds. The molecule has 2 aromatic rings.